The molecule has 18 heavy (non-hydrogen) atoms. The average Bonchev–Trinajstić information content (AvgIpc) is 2.92. The van der Waals surface area contributed by atoms with Gasteiger partial charge in [0.15, 0.2) is 5.82 Å². The van der Waals surface area contributed by atoms with E-state index in [9.17, 15) is 4.79 Å². The van der Waals surface area contributed by atoms with Crippen LogP contribution in [0.15, 0.2) is 11.4 Å². The molecule has 0 unspecified atom stereocenters. The Morgan fingerprint density at radius 1 is 1.56 bits per heavy atom. The number of hydrogen-bond acceptors (Lipinski definition) is 6. The lowest BCUT2D eigenvalue weighted by Crippen LogP contribution is -2.14. The quantitative estimate of drug-likeness (QED) is 0.782. The summed E-state index contributed by atoms with van der Waals surface area (Å²) in [7, 11) is 0. The van der Waals surface area contributed by atoms with Crippen molar-refractivity contribution < 1.29 is 4.79 Å². The average molecular weight is 282 g/mol. The summed E-state index contributed by atoms with van der Waals surface area (Å²) in [5, 5.41) is 5.87. The minimum atomic E-state index is -0.550. The zero-order chi connectivity index (χ0) is 13.1. The van der Waals surface area contributed by atoms with Gasteiger partial charge in [-0.1, -0.05) is 6.92 Å². The number of nitrogen functional groups attached to an aromatic ring is 1. The fourth-order valence-electron chi connectivity index (χ4n) is 1.66. The summed E-state index contributed by atoms with van der Waals surface area (Å²) in [4.78, 5) is 12.5. The van der Waals surface area contributed by atoms with E-state index in [0.29, 0.717) is 11.5 Å². The Labute approximate surface area is 113 Å². The van der Waals surface area contributed by atoms with Crippen LogP contribution in [0, 0.1) is 0 Å². The largest absolute Gasteiger partial charge is 0.382 e. The number of thiophene rings is 1. The number of hydrogen-bond donors (Lipinski definition) is 3. The molecule has 2 aromatic heterocycles. The fraction of sp³-hybridized carbons (Fsp3) is 0.273. The summed E-state index contributed by atoms with van der Waals surface area (Å²) in [6.07, 6.45) is 0.994. The molecule has 7 heteroatoms. The van der Waals surface area contributed by atoms with Crippen LogP contribution in [-0.4, -0.2) is 10.3 Å². The molecule has 2 heterocycles. The van der Waals surface area contributed by atoms with Crippen molar-refractivity contribution in [3.8, 4) is 0 Å². The fourth-order valence-corrected chi connectivity index (χ4v) is 3.29. The molecule has 0 radical (unpaired) electrons. The number of anilines is 2. The first-order chi connectivity index (χ1) is 8.63. The van der Waals surface area contributed by atoms with Gasteiger partial charge in [0, 0.05) is 4.88 Å². The topological polar surface area (TPSA) is 94.0 Å². The number of nitrogens with one attached hydrogen (secondary N) is 1. The van der Waals surface area contributed by atoms with Crippen LogP contribution < -0.4 is 16.8 Å². The first kappa shape index (κ1) is 12.8. The number of aromatic nitrogens is 1. The standard InChI is InChI=1S/C11H14N4OS2/c1-2-6-3-4-17-7(6)5-14-11-8(10(13)16)9(12)15-18-11/h3-4,14H,2,5H2,1H3,(H2,12,15)(H2,13,16). The molecule has 0 saturated heterocycles. The molecule has 0 spiro atoms. The van der Waals surface area contributed by atoms with Crippen LogP contribution in [0.1, 0.15) is 27.7 Å². The molecule has 5 N–H and O–H groups in total. The highest BCUT2D eigenvalue weighted by molar-refractivity contribution is 7.11. The lowest BCUT2D eigenvalue weighted by atomic mass is 10.2. The number of primary amides is 1. The van der Waals surface area contributed by atoms with Gasteiger partial charge in [-0.05, 0) is 35.0 Å². The second-order valence-corrected chi connectivity index (χ2v) is 5.49. The maximum Gasteiger partial charge on any atom is 0.255 e. The van der Waals surface area contributed by atoms with Crippen molar-refractivity contribution >= 4 is 39.6 Å². The van der Waals surface area contributed by atoms with E-state index in [1.807, 2.05) is 0 Å². The van der Waals surface area contributed by atoms with Gasteiger partial charge in [0.1, 0.15) is 10.6 Å². The summed E-state index contributed by atoms with van der Waals surface area (Å²) in [6.45, 7) is 2.77. The molecule has 0 aliphatic carbocycles. The highest BCUT2D eigenvalue weighted by Gasteiger charge is 2.16. The number of nitrogens with zero attached hydrogens (tertiary/aromatic N) is 1. The summed E-state index contributed by atoms with van der Waals surface area (Å²) in [5.74, 6) is -0.359. The molecule has 2 rings (SSSR count). The van der Waals surface area contributed by atoms with Crippen molar-refractivity contribution in [2.75, 3.05) is 11.1 Å². The highest BCUT2D eigenvalue weighted by Crippen LogP contribution is 2.27. The minimum Gasteiger partial charge on any atom is -0.382 e. The van der Waals surface area contributed by atoms with Crippen molar-refractivity contribution in [3.05, 3.63) is 27.5 Å². The lowest BCUT2D eigenvalue weighted by molar-refractivity contribution is 0.100. The number of carbonyl (C=O) groups excluding carboxylic acids is 1. The van der Waals surface area contributed by atoms with Gasteiger partial charge in [-0.15, -0.1) is 11.3 Å². The Bertz CT molecular complexity index is 561. The van der Waals surface area contributed by atoms with Crippen LogP contribution >= 0.6 is 22.9 Å². The minimum absolute atomic E-state index is 0.192. The number of carbonyl (C=O) groups is 1. The van der Waals surface area contributed by atoms with Gasteiger partial charge in [0.25, 0.3) is 5.91 Å². The van der Waals surface area contributed by atoms with E-state index in [1.165, 1.54) is 10.4 Å². The van der Waals surface area contributed by atoms with Gasteiger partial charge in [-0.2, -0.15) is 4.37 Å². The SMILES string of the molecule is CCc1ccsc1CNc1snc(N)c1C(N)=O. The third-order valence-corrected chi connectivity index (χ3v) is 4.38. The second-order valence-electron chi connectivity index (χ2n) is 3.71. The van der Waals surface area contributed by atoms with Gasteiger partial charge >= 0.3 is 0 Å². The maximum absolute atomic E-state index is 11.3. The number of rotatable bonds is 5. The van der Waals surface area contributed by atoms with E-state index in [4.69, 9.17) is 11.5 Å². The first-order valence-corrected chi connectivity index (χ1v) is 7.12. The van der Waals surface area contributed by atoms with Crippen LogP contribution in [0.4, 0.5) is 10.8 Å². The predicted octanol–water partition coefficient (Wildman–Crippen LogP) is 2.06. The van der Waals surface area contributed by atoms with Gasteiger partial charge < -0.3 is 16.8 Å². The Balaban J connectivity index is 2.14. The Morgan fingerprint density at radius 2 is 2.33 bits per heavy atom. The maximum atomic E-state index is 11.3. The van der Waals surface area contributed by atoms with Crippen LogP contribution in [0.3, 0.4) is 0 Å². The number of aryl methyl sites for hydroxylation is 1. The molecule has 0 atom stereocenters. The highest BCUT2D eigenvalue weighted by atomic mass is 32.1. The first-order valence-electron chi connectivity index (χ1n) is 5.47. The normalized spacial score (nSPS) is 10.5. The third kappa shape index (κ3) is 2.46. The van der Waals surface area contributed by atoms with E-state index in [1.54, 1.807) is 11.3 Å². The Morgan fingerprint density at radius 3 is 3.00 bits per heavy atom. The van der Waals surface area contributed by atoms with Crippen molar-refractivity contribution in [2.24, 2.45) is 5.73 Å². The van der Waals surface area contributed by atoms with Gasteiger partial charge in [-0.3, -0.25) is 4.79 Å². The van der Waals surface area contributed by atoms with Gasteiger partial charge in [0.2, 0.25) is 0 Å². The van der Waals surface area contributed by atoms with E-state index in [-0.39, 0.29) is 11.4 Å². The molecule has 0 saturated carbocycles. The molecule has 0 bridgehead atoms. The van der Waals surface area contributed by atoms with Crippen LogP contribution in [0.2, 0.25) is 0 Å². The van der Waals surface area contributed by atoms with E-state index in [2.05, 4.69) is 28.1 Å². The van der Waals surface area contributed by atoms with E-state index < -0.39 is 5.91 Å². The van der Waals surface area contributed by atoms with Crippen molar-refractivity contribution in [2.45, 2.75) is 19.9 Å². The second kappa shape index (κ2) is 5.36. The summed E-state index contributed by atoms with van der Waals surface area (Å²) in [6, 6.07) is 2.11. The summed E-state index contributed by atoms with van der Waals surface area (Å²) in [5.41, 5.74) is 12.5. The van der Waals surface area contributed by atoms with Crippen LogP contribution in [-0.2, 0) is 13.0 Å². The predicted molar refractivity (Wildman–Crippen MR) is 76.1 cm³/mol. The van der Waals surface area contributed by atoms with Crippen molar-refractivity contribution in [1.29, 1.82) is 0 Å². The molecule has 0 aliphatic heterocycles. The van der Waals surface area contributed by atoms with Crippen LogP contribution in [0.25, 0.3) is 0 Å². The number of nitrogens with two attached hydrogens (primary N) is 2. The molecule has 96 valence electrons. The van der Waals surface area contributed by atoms with E-state index in [0.717, 1.165) is 18.0 Å². The smallest absolute Gasteiger partial charge is 0.255 e. The van der Waals surface area contributed by atoms with Crippen molar-refractivity contribution in [1.82, 2.24) is 4.37 Å². The summed E-state index contributed by atoms with van der Waals surface area (Å²) < 4.78 is 3.94. The molecule has 2 aromatic rings. The zero-order valence-corrected chi connectivity index (χ0v) is 11.5. The molecular weight excluding hydrogens is 268 g/mol. The Hall–Kier alpha value is -1.60. The summed E-state index contributed by atoms with van der Waals surface area (Å²) >= 11 is 2.85. The Kier molecular flexibility index (Phi) is 3.83. The molecule has 0 aromatic carbocycles. The molecular formula is C11H14N4OS2. The van der Waals surface area contributed by atoms with Crippen molar-refractivity contribution in [3.63, 3.8) is 0 Å². The molecule has 0 aliphatic rings. The number of amides is 1. The van der Waals surface area contributed by atoms with Crippen LogP contribution in [0.5, 0.6) is 0 Å². The van der Waals surface area contributed by atoms with Gasteiger partial charge in [0.05, 0.1) is 6.54 Å². The lowest BCUT2D eigenvalue weighted by Gasteiger charge is -2.05. The molecule has 0 fully saturated rings. The van der Waals surface area contributed by atoms with Gasteiger partial charge in [-0.25, -0.2) is 0 Å². The van der Waals surface area contributed by atoms with E-state index >= 15 is 0 Å². The third-order valence-electron chi connectivity index (χ3n) is 2.59. The molecule has 1 amide bonds. The molecule has 5 nitrogen and oxygen atoms in total. The zero-order valence-electron chi connectivity index (χ0n) is 9.90. The monoisotopic (exact) mass is 282 g/mol.